The van der Waals surface area contributed by atoms with Crippen LogP contribution in [0.1, 0.15) is 22.8 Å². The molecule has 1 amide bonds. The second kappa shape index (κ2) is 5.31. The average Bonchev–Trinajstić information content (AvgIpc) is 2.29. The number of likely N-dealkylation sites (N-methyl/N-ethyl adjacent to an activating group) is 1. The highest BCUT2D eigenvalue weighted by atomic mass is 79.9. The molecule has 0 spiro atoms. The van der Waals surface area contributed by atoms with Gasteiger partial charge in [0.2, 0.25) is 0 Å². The Balaban J connectivity index is 2.96. The van der Waals surface area contributed by atoms with Crippen molar-refractivity contribution in [1.29, 1.82) is 0 Å². The highest BCUT2D eigenvalue weighted by Crippen LogP contribution is 2.18. The van der Waals surface area contributed by atoms with E-state index in [1.807, 2.05) is 13.0 Å². The van der Waals surface area contributed by atoms with Gasteiger partial charge >= 0.3 is 5.97 Å². The summed E-state index contributed by atoms with van der Waals surface area (Å²) in [5.74, 6) is -1.33. The summed E-state index contributed by atoms with van der Waals surface area (Å²) in [6, 6.07) is 4.36. The molecule has 0 saturated carbocycles. The number of carbonyl (C=O) groups excluding carboxylic acids is 1. The number of aliphatic carboxylic acids is 1. The van der Waals surface area contributed by atoms with E-state index >= 15 is 0 Å². The Labute approximate surface area is 108 Å². The maximum atomic E-state index is 12.0. The number of hydrogen-bond acceptors (Lipinski definition) is 2. The number of benzene rings is 1. The van der Waals surface area contributed by atoms with Gasteiger partial charge in [-0.3, -0.25) is 4.79 Å². The van der Waals surface area contributed by atoms with Crippen molar-refractivity contribution in [2.45, 2.75) is 19.9 Å². The van der Waals surface area contributed by atoms with Gasteiger partial charge in [0, 0.05) is 17.1 Å². The SMILES string of the molecule is Cc1ccc(C(=O)N(C)C(C)C(=O)O)cc1Br. The van der Waals surface area contributed by atoms with E-state index in [0.717, 1.165) is 10.0 Å². The number of halogens is 1. The largest absolute Gasteiger partial charge is 0.480 e. The van der Waals surface area contributed by atoms with E-state index < -0.39 is 12.0 Å². The van der Waals surface area contributed by atoms with Crippen LogP contribution in [0.5, 0.6) is 0 Å². The Morgan fingerprint density at radius 3 is 2.47 bits per heavy atom. The summed E-state index contributed by atoms with van der Waals surface area (Å²) in [6.07, 6.45) is 0. The van der Waals surface area contributed by atoms with Gasteiger partial charge in [-0.25, -0.2) is 4.79 Å². The van der Waals surface area contributed by atoms with E-state index in [9.17, 15) is 9.59 Å². The highest BCUT2D eigenvalue weighted by molar-refractivity contribution is 9.10. The molecule has 0 aromatic heterocycles. The molecule has 0 aliphatic rings. The summed E-state index contributed by atoms with van der Waals surface area (Å²) in [6.45, 7) is 3.39. The molecule has 1 N–H and O–H groups in total. The lowest BCUT2D eigenvalue weighted by molar-refractivity contribution is -0.141. The number of carbonyl (C=O) groups is 2. The third kappa shape index (κ3) is 3.06. The predicted molar refractivity (Wildman–Crippen MR) is 68.1 cm³/mol. The van der Waals surface area contributed by atoms with Gasteiger partial charge in [-0.2, -0.15) is 0 Å². The zero-order valence-corrected chi connectivity index (χ0v) is 11.5. The van der Waals surface area contributed by atoms with Gasteiger partial charge in [0.15, 0.2) is 0 Å². The van der Waals surface area contributed by atoms with Crippen molar-refractivity contribution in [3.8, 4) is 0 Å². The maximum absolute atomic E-state index is 12.0. The van der Waals surface area contributed by atoms with Gasteiger partial charge in [0.25, 0.3) is 5.91 Å². The lowest BCUT2D eigenvalue weighted by Gasteiger charge is -2.21. The van der Waals surface area contributed by atoms with Crippen LogP contribution < -0.4 is 0 Å². The van der Waals surface area contributed by atoms with Crippen LogP contribution in [0.25, 0.3) is 0 Å². The number of aryl methyl sites for hydroxylation is 1. The Morgan fingerprint density at radius 1 is 1.41 bits per heavy atom. The normalized spacial score (nSPS) is 12.0. The van der Waals surface area contributed by atoms with Gasteiger partial charge in [0.05, 0.1) is 0 Å². The molecule has 1 unspecified atom stereocenters. The van der Waals surface area contributed by atoms with Crippen LogP contribution in [0.2, 0.25) is 0 Å². The van der Waals surface area contributed by atoms with Crippen LogP contribution in [-0.2, 0) is 4.79 Å². The lowest BCUT2D eigenvalue weighted by Crippen LogP contribution is -2.40. The number of amides is 1. The third-order valence-electron chi connectivity index (χ3n) is 2.68. The molecule has 17 heavy (non-hydrogen) atoms. The molecular formula is C12H14BrNO3. The Hall–Kier alpha value is -1.36. The predicted octanol–water partition coefficient (Wildman–Crippen LogP) is 2.30. The molecule has 1 atom stereocenters. The molecule has 0 bridgehead atoms. The topological polar surface area (TPSA) is 57.6 Å². The van der Waals surface area contributed by atoms with E-state index in [1.165, 1.54) is 18.9 Å². The van der Waals surface area contributed by atoms with Crippen LogP contribution >= 0.6 is 15.9 Å². The second-order valence-electron chi connectivity index (χ2n) is 3.89. The first-order valence-corrected chi connectivity index (χ1v) is 5.90. The monoisotopic (exact) mass is 299 g/mol. The summed E-state index contributed by atoms with van der Waals surface area (Å²) < 4.78 is 0.833. The molecule has 0 radical (unpaired) electrons. The van der Waals surface area contributed by atoms with Crippen molar-refractivity contribution in [3.05, 3.63) is 33.8 Å². The van der Waals surface area contributed by atoms with Gasteiger partial charge in [-0.15, -0.1) is 0 Å². The molecule has 1 aromatic rings. The molecular weight excluding hydrogens is 286 g/mol. The van der Waals surface area contributed by atoms with E-state index in [4.69, 9.17) is 5.11 Å². The van der Waals surface area contributed by atoms with Gasteiger partial charge in [0.1, 0.15) is 6.04 Å². The van der Waals surface area contributed by atoms with Crippen molar-refractivity contribution < 1.29 is 14.7 Å². The number of carboxylic acid groups (broad SMARTS) is 1. The molecule has 5 heteroatoms. The van der Waals surface area contributed by atoms with Gasteiger partial charge in [-0.1, -0.05) is 22.0 Å². The van der Waals surface area contributed by atoms with Crippen LogP contribution in [0.15, 0.2) is 22.7 Å². The summed E-state index contributed by atoms with van der Waals surface area (Å²) in [5, 5.41) is 8.84. The van der Waals surface area contributed by atoms with E-state index in [0.29, 0.717) is 5.56 Å². The standard InChI is InChI=1S/C12H14BrNO3/c1-7-4-5-9(6-10(7)13)11(15)14(3)8(2)12(16)17/h4-6,8H,1-3H3,(H,16,17). The number of hydrogen-bond donors (Lipinski definition) is 1. The lowest BCUT2D eigenvalue weighted by atomic mass is 10.1. The Kier molecular flexibility index (Phi) is 4.28. The van der Waals surface area contributed by atoms with Crippen LogP contribution in [0, 0.1) is 6.92 Å². The molecule has 0 fully saturated rings. The summed E-state index contributed by atoms with van der Waals surface area (Å²) >= 11 is 3.34. The Morgan fingerprint density at radius 2 is 2.00 bits per heavy atom. The molecule has 1 aromatic carbocycles. The first kappa shape index (κ1) is 13.7. The first-order valence-electron chi connectivity index (χ1n) is 5.10. The second-order valence-corrected chi connectivity index (χ2v) is 4.75. The molecule has 0 heterocycles. The quantitative estimate of drug-likeness (QED) is 0.932. The summed E-state index contributed by atoms with van der Waals surface area (Å²) in [5.41, 5.74) is 1.49. The minimum atomic E-state index is -1.02. The molecule has 0 saturated heterocycles. The Bertz CT molecular complexity index is 459. The number of nitrogens with zero attached hydrogens (tertiary/aromatic N) is 1. The van der Waals surface area contributed by atoms with Crippen molar-refractivity contribution in [3.63, 3.8) is 0 Å². The van der Waals surface area contributed by atoms with Crippen molar-refractivity contribution in [1.82, 2.24) is 4.90 Å². The van der Waals surface area contributed by atoms with E-state index in [1.54, 1.807) is 12.1 Å². The minimum absolute atomic E-state index is 0.305. The van der Waals surface area contributed by atoms with Crippen molar-refractivity contribution >= 4 is 27.8 Å². The minimum Gasteiger partial charge on any atom is -0.480 e. The van der Waals surface area contributed by atoms with Gasteiger partial charge in [-0.05, 0) is 31.5 Å². The fraction of sp³-hybridized carbons (Fsp3) is 0.333. The smallest absolute Gasteiger partial charge is 0.326 e. The van der Waals surface area contributed by atoms with Crippen LogP contribution in [-0.4, -0.2) is 35.0 Å². The number of carboxylic acids is 1. The van der Waals surface area contributed by atoms with Crippen LogP contribution in [0.4, 0.5) is 0 Å². The molecule has 1 rings (SSSR count). The van der Waals surface area contributed by atoms with Crippen molar-refractivity contribution in [2.24, 2.45) is 0 Å². The van der Waals surface area contributed by atoms with E-state index in [2.05, 4.69) is 15.9 Å². The zero-order valence-electron chi connectivity index (χ0n) is 9.90. The molecule has 0 aliphatic carbocycles. The van der Waals surface area contributed by atoms with Crippen molar-refractivity contribution in [2.75, 3.05) is 7.05 Å². The fourth-order valence-electron chi connectivity index (χ4n) is 1.27. The fourth-order valence-corrected chi connectivity index (χ4v) is 1.65. The molecule has 4 nitrogen and oxygen atoms in total. The summed E-state index contributed by atoms with van der Waals surface area (Å²) in [7, 11) is 1.48. The van der Waals surface area contributed by atoms with E-state index in [-0.39, 0.29) is 5.91 Å². The third-order valence-corrected chi connectivity index (χ3v) is 3.53. The van der Waals surface area contributed by atoms with Crippen LogP contribution in [0.3, 0.4) is 0 Å². The molecule has 0 aliphatic heterocycles. The zero-order chi connectivity index (χ0) is 13.2. The maximum Gasteiger partial charge on any atom is 0.326 e. The molecule has 92 valence electrons. The number of rotatable bonds is 3. The highest BCUT2D eigenvalue weighted by Gasteiger charge is 2.22. The average molecular weight is 300 g/mol. The van der Waals surface area contributed by atoms with Gasteiger partial charge < -0.3 is 10.0 Å². The summed E-state index contributed by atoms with van der Waals surface area (Å²) in [4.78, 5) is 24.0. The first-order chi connectivity index (χ1) is 7.84.